The molecule has 0 radical (unpaired) electrons. The summed E-state index contributed by atoms with van der Waals surface area (Å²) in [6, 6.07) is 7.98. The number of thiophene rings is 1. The summed E-state index contributed by atoms with van der Waals surface area (Å²) in [5.41, 5.74) is 2.50. The maximum absolute atomic E-state index is 13.5. The summed E-state index contributed by atoms with van der Waals surface area (Å²) in [5.74, 6) is 0.332. The number of piperidine rings is 1. The molecule has 1 saturated heterocycles. The molecule has 1 aromatic carbocycles. The number of aromatic nitrogens is 2. The molecule has 33 heavy (non-hydrogen) atoms. The topological polar surface area (TPSA) is 75.5 Å². The Labute approximate surface area is 196 Å². The molecule has 0 aliphatic carbocycles. The first-order valence-electron chi connectivity index (χ1n) is 11.6. The average Bonchev–Trinajstić information content (AvgIpc) is 3.17. The second kappa shape index (κ2) is 8.74. The number of amides is 2. The molecule has 2 amide bonds. The number of hydrogen-bond donors (Lipinski definition) is 0. The van der Waals surface area contributed by atoms with Crippen LogP contribution in [0, 0.1) is 12.8 Å². The quantitative estimate of drug-likeness (QED) is 0.593. The molecule has 0 bridgehead atoms. The molecule has 1 fully saturated rings. The third-order valence-electron chi connectivity index (χ3n) is 6.78. The van der Waals surface area contributed by atoms with Gasteiger partial charge >= 0.3 is 0 Å². The Morgan fingerprint density at radius 3 is 2.82 bits per heavy atom. The number of rotatable bonds is 3. The van der Waals surface area contributed by atoms with Crippen molar-refractivity contribution >= 4 is 39.1 Å². The van der Waals surface area contributed by atoms with Gasteiger partial charge in [-0.3, -0.25) is 19.0 Å². The molecular formula is C25H28N4O3S. The molecule has 2 aliphatic heterocycles. The average molecular weight is 465 g/mol. The van der Waals surface area contributed by atoms with Crippen LogP contribution in [-0.2, 0) is 17.8 Å². The van der Waals surface area contributed by atoms with Crippen LogP contribution in [-0.4, -0.2) is 45.9 Å². The van der Waals surface area contributed by atoms with Gasteiger partial charge in [0.2, 0.25) is 5.91 Å². The number of carbonyl (C=O) groups excluding carboxylic acids is 2. The van der Waals surface area contributed by atoms with Crippen molar-refractivity contribution in [3.05, 3.63) is 57.0 Å². The minimum Gasteiger partial charge on any atom is -0.341 e. The van der Waals surface area contributed by atoms with Crippen LogP contribution < -0.4 is 10.5 Å². The van der Waals surface area contributed by atoms with E-state index in [1.54, 1.807) is 0 Å². The number of carbonyl (C=O) groups is 2. The zero-order valence-corrected chi connectivity index (χ0v) is 19.9. The van der Waals surface area contributed by atoms with Crippen molar-refractivity contribution in [1.29, 1.82) is 0 Å². The number of hydrogen-bond acceptors (Lipinski definition) is 5. The fourth-order valence-corrected chi connectivity index (χ4v) is 6.09. The van der Waals surface area contributed by atoms with Crippen molar-refractivity contribution in [3.8, 4) is 0 Å². The third-order valence-corrected chi connectivity index (χ3v) is 7.97. The maximum Gasteiger partial charge on any atom is 0.268 e. The van der Waals surface area contributed by atoms with E-state index in [1.165, 1.54) is 27.8 Å². The normalized spacial score (nSPS) is 18.4. The minimum atomic E-state index is -0.259. The molecule has 0 saturated carbocycles. The van der Waals surface area contributed by atoms with Gasteiger partial charge in [0.1, 0.15) is 11.4 Å². The number of nitrogens with zero attached hydrogens (tertiary/aromatic N) is 4. The summed E-state index contributed by atoms with van der Waals surface area (Å²) in [7, 11) is 0. The first-order valence-corrected chi connectivity index (χ1v) is 12.4. The zero-order chi connectivity index (χ0) is 23.1. The van der Waals surface area contributed by atoms with Gasteiger partial charge in [-0.05, 0) is 55.7 Å². The van der Waals surface area contributed by atoms with Gasteiger partial charge in [0.25, 0.3) is 11.5 Å². The molecule has 7 nitrogen and oxygen atoms in total. The molecule has 4 heterocycles. The molecule has 0 spiro atoms. The largest absolute Gasteiger partial charge is 0.341 e. The Kier molecular flexibility index (Phi) is 5.78. The Morgan fingerprint density at radius 1 is 1.18 bits per heavy atom. The lowest BCUT2D eigenvalue weighted by molar-refractivity contribution is -0.133. The van der Waals surface area contributed by atoms with Gasteiger partial charge < -0.3 is 9.80 Å². The van der Waals surface area contributed by atoms with Gasteiger partial charge in [0.05, 0.1) is 16.6 Å². The Hall–Kier alpha value is -3.00. The van der Waals surface area contributed by atoms with Crippen molar-refractivity contribution < 1.29 is 9.59 Å². The highest BCUT2D eigenvalue weighted by Gasteiger charge is 2.28. The lowest BCUT2D eigenvalue weighted by atomic mass is 10.0. The van der Waals surface area contributed by atoms with E-state index in [-0.39, 0.29) is 23.9 Å². The Morgan fingerprint density at radius 2 is 2.00 bits per heavy atom. The van der Waals surface area contributed by atoms with Crippen LogP contribution in [0.4, 0.5) is 5.69 Å². The smallest absolute Gasteiger partial charge is 0.268 e. The number of anilines is 1. The van der Waals surface area contributed by atoms with Crippen LogP contribution in [0.15, 0.2) is 35.4 Å². The van der Waals surface area contributed by atoms with E-state index in [1.807, 2.05) is 34.9 Å². The van der Waals surface area contributed by atoms with Gasteiger partial charge in [-0.1, -0.05) is 25.1 Å². The van der Waals surface area contributed by atoms with Gasteiger partial charge in [0, 0.05) is 25.3 Å². The third kappa shape index (κ3) is 3.97. The zero-order valence-electron chi connectivity index (χ0n) is 19.0. The first-order chi connectivity index (χ1) is 15.9. The van der Waals surface area contributed by atoms with Gasteiger partial charge in [-0.15, -0.1) is 11.3 Å². The summed E-state index contributed by atoms with van der Waals surface area (Å²) in [4.78, 5) is 48.8. The summed E-state index contributed by atoms with van der Waals surface area (Å²) < 4.78 is 1.38. The van der Waals surface area contributed by atoms with E-state index >= 15 is 0 Å². The predicted octanol–water partition coefficient (Wildman–Crippen LogP) is 3.62. The molecule has 1 unspecified atom stereocenters. The van der Waals surface area contributed by atoms with Crippen LogP contribution in [0.5, 0.6) is 0 Å². The first kappa shape index (κ1) is 21.8. The number of likely N-dealkylation sites (tertiary alicyclic amines) is 1. The molecule has 0 N–H and O–H groups in total. The fraction of sp³-hybridized carbons (Fsp3) is 0.440. The van der Waals surface area contributed by atoms with Gasteiger partial charge in [-0.2, -0.15) is 0 Å². The minimum absolute atomic E-state index is 0.0213. The predicted molar refractivity (Wildman–Crippen MR) is 130 cm³/mol. The number of aryl methyl sites for hydroxylation is 2. The molecule has 2 aromatic heterocycles. The second-order valence-corrected chi connectivity index (χ2v) is 10.2. The van der Waals surface area contributed by atoms with E-state index in [0.717, 1.165) is 44.5 Å². The van der Waals surface area contributed by atoms with Crippen molar-refractivity contribution in [1.82, 2.24) is 14.5 Å². The van der Waals surface area contributed by atoms with Crippen LogP contribution in [0.2, 0.25) is 0 Å². The number of fused-ring (bicyclic) bond motifs is 2. The molecule has 172 valence electrons. The number of benzene rings is 1. The Bertz CT molecular complexity index is 1290. The summed E-state index contributed by atoms with van der Waals surface area (Å²) in [6.45, 7) is 6.06. The van der Waals surface area contributed by atoms with Crippen LogP contribution in [0.3, 0.4) is 0 Å². The molecular weight excluding hydrogens is 436 g/mol. The summed E-state index contributed by atoms with van der Waals surface area (Å²) in [6.07, 6.45) is 5.43. The fourth-order valence-electron chi connectivity index (χ4n) is 5.00. The van der Waals surface area contributed by atoms with E-state index < -0.39 is 0 Å². The van der Waals surface area contributed by atoms with E-state index in [4.69, 9.17) is 0 Å². The van der Waals surface area contributed by atoms with Crippen molar-refractivity contribution in [2.45, 2.75) is 46.1 Å². The Balaban J connectivity index is 1.45. The van der Waals surface area contributed by atoms with Crippen molar-refractivity contribution in [2.24, 2.45) is 5.92 Å². The molecule has 8 heteroatoms. The summed E-state index contributed by atoms with van der Waals surface area (Å²) >= 11 is 1.26. The monoisotopic (exact) mass is 464 g/mol. The highest BCUT2D eigenvalue weighted by Crippen LogP contribution is 2.33. The van der Waals surface area contributed by atoms with E-state index in [2.05, 4.69) is 18.0 Å². The highest BCUT2D eigenvalue weighted by atomic mass is 32.1. The van der Waals surface area contributed by atoms with Crippen molar-refractivity contribution in [3.63, 3.8) is 0 Å². The second-order valence-electron chi connectivity index (χ2n) is 9.19. The highest BCUT2D eigenvalue weighted by molar-refractivity contribution is 7.20. The number of para-hydroxylation sites is 1. The maximum atomic E-state index is 13.5. The van der Waals surface area contributed by atoms with Gasteiger partial charge in [-0.25, -0.2) is 4.98 Å². The lowest BCUT2D eigenvalue weighted by Gasteiger charge is -2.31. The lowest BCUT2D eigenvalue weighted by Crippen LogP contribution is -2.42. The van der Waals surface area contributed by atoms with Crippen LogP contribution in [0.25, 0.3) is 10.2 Å². The molecule has 1 atom stereocenters. The van der Waals surface area contributed by atoms with Gasteiger partial charge in [0.15, 0.2) is 0 Å². The van der Waals surface area contributed by atoms with Crippen LogP contribution >= 0.6 is 11.3 Å². The SMILES string of the molecule is Cc1c(C(=O)N2CCCc3ccccc32)sc2ncn(CC(=O)N3CCCC(C)C3)c(=O)c12. The summed E-state index contributed by atoms with van der Waals surface area (Å²) in [5, 5.41) is 0.441. The van der Waals surface area contributed by atoms with E-state index in [9.17, 15) is 14.4 Å². The molecule has 5 rings (SSSR count). The van der Waals surface area contributed by atoms with E-state index in [0.29, 0.717) is 33.1 Å². The molecule has 3 aromatic rings. The molecule has 2 aliphatic rings. The standard InChI is InChI=1S/C25H28N4O3S/c1-16-7-5-11-27(13-16)20(30)14-28-15-26-23-21(24(28)31)17(2)22(33-23)25(32)29-12-6-9-18-8-3-4-10-19(18)29/h3-4,8,10,15-16H,5-7,9,11-14H2,1-2H3. The van der Waals surface area contributed by atoms with Crippen LogP contribution in [0.1, 0.15) is 47.0 Å². The van der Waals surface area contributed by atoms with Crippen molar-refractivity contribution in [2.75, 3.05) is 24.5 Å².